The number of H-pyrrole nitrogens is 1. The van der Waals surface area contributed by atoms with Gasteiger partial charge in [-0.1, -0.05) is 57.9 Å². The Bertz CT molecular complexity index is 948. The lowest BCUT2D eigenvalue weighted by Crippen LogP contribution is -1.92. The predicted molar refractivity (Wildman–Crippen MR) is 112 cm³/mol. The van der Waals surface area contributed by atoms with Crippen LogP contribution < -0.4 is 0 Å². The lowest BCUT2D eigenvalue weighted by atomic mass is 9.95. The second-order valence-electron chi connectivity index (χ2n) is 7.11. The van der Waals surface area contributed by atoms with E-state index in [-0.39, 0.29) is 0 Å². The molecule has 1 heterocycles. The zero-order valence-electron chi connectivity index (χ0n) is 15.9. The molecule has 3 rings (SSSR count). The van der Waals surface area contributed by atoms with Crippen molar-refractivity contribution in [3.8, 4) is 11.3 Å². The highest BCUT2D eigenvalue weighted by Gasteiger charge is 2.19. The molecule has 0 spiro atoms. The standard InChI is InChI=1S/C24H26N2/c1-7-18-12-20(17(6)22(18)8-2)13-21-14-24(26-25-21)19-9-10-23(15(3)4)16(5)11-19/h7-11,13-15H,1-2,6,12H2,3-5H3,(H,25,26)/b20-13+. The number of benzene rings is 1. The van der Waals surface area contributed by atoms with Crippen LogP contribution in [0.1, 0.15) is 43.0 Å². The van der Waals surface area contributed by atoms with Crippen molar-refractivity contribution in [1.29, 1.82) is 0 Å². The van der Waals surface area contributed by atoms with Gasteiger partial charge in [-0.2, -0.15) is 5.10 Å². The number of rotatable bonds is 5. The van der Waals surface area contributed by atoms with E-state index >= 15 is 0 Å². The molecule has 0 aliphatic heterocycles. The van der Waals surface area contributed by atoms with Gasteiger partial charge in [-0.25, -0.2) is 0 Å². The van der Waals surface area contributed by atoms with Crippen LogP contribution in [0.3, 0.4) is 0 Å². The molecule has 26 heavy (non-hydrogen) atoms. The number of allylic oxidation sites excluding steroid dienone is 6. The second-order valence-corrected chi connectivity index (χ2v) is 7.11. The van der Waals surface area contributed by atoms with Gasteiger partial charge in [0, 0.05) is 5.56 Å². The van der Waals surface area contributed by atoms with Crippen molar-refractivity contribution in [3.63, 3.8) is 0 Å². The number of hydrogen-bond donors (Lipinski definition) is 1. The molecule has 1 aliphatic carbocycles. The van der Waals surface area contributed by atoms with Crippen molar-refractivity contribution < 1.29 is 0 Å². The SMILES string of the molecule is C=CC1=C(C=C)C(=C)/C(=C/c2cc(-c3ccc(C(C)C)c(C)c3)n[nH]2)C1. The Morgan fingerprint density at radius 3 is 2.50 bits per heavy atom. The first kappa shape index (κ1) is 17.9. The molecule has 0 saturated carbocycles. The molecule has 0 fully saturated rings. The van der Waals surface area contributed by atoms with Crippen molar-refractivity contribution in [3.05, 3.63) is 95.3 Å². The first-order valence-corrected chi connectivity index (χ1v) is 8.99. The molecule has 0 saturated heterocycles. The highest BCUT2D eigenvalue weighted by molar-refractivity contribution is 5.71. The number of aromatic nitrogens is 2. The van der Waals surface area contributed by atoms with Crippen molar-refractivity contribution in [2.45, 2.75) is 33.1 Å². The number of hydrogen-bond acceptors (Lipinski definition) is 1. The summed E-state index contributed by atoms with van der Waals surface area (Å²) in [6, 6.07) is 8.66. The van der Waals surface area contributed by atoms with Gasteiger partial charge in [-0.05, 0) is 70.9 Å². The molecule has 1 aromatic carbocycles. The van der Waals surface area contributed by atoms with Crippen LogP contribution in [0, 0.1) is 6.92 Å². The highest BCUT2D eigenvalue weighted by Crippen LogP contribution is 2.37. The zero-order valence-corrected chi connectivity index (χ0v) is 15.9. The molecule has 0 radical (unpaired) electrons. The largest absolute Gasteiger partial charge is 0.278 e. The van der Waals surface area contributed by atoms with Gasteiger partial charge in [0.05, 0.1) is 11.4 Å². The summed E-state index contributed by atoms with van der Waals surface area (Å²) >= 11 is 0. The van der Waals surface area contributed by atoms with E-state index in [0.717, 1.165) is 34.5 Å². The predicted octanol–water partition coefficient (Wildman–Crippen LogP) is 6.52. The van der Waals surface area contributed by atoms with Crippen LogP contribution in [-0.4, -0.2) is 10.2 Å². The van der Waals surface area contributed by atoms with Crippen LogP contribution >= 0.6 is 0 Å². The molecule has 0 amide bonds. The lowest BCUT2D eigenvalue weighted by Gasteiger charge is -2.10. The molecule has 0 bridgehead atoms. The second kappa shape index (κ2) is 7.17. The summed E-state index contributed by atoms with van der Waals surface area (Å²) in [5.74, 6) is 0.530. The smallest absolute Gasteiger partial charge is 0.0927 e. The fraction of sp³-hybridized carbons (Fsp3) is 0.208. The molecule has 1 aliphatic rings. The first-order chi connectivity index (χ1) is 12.4. The molecule has 2 aromatic rings. The van der Waals surface area contributed by atoms with Crippen molar-refractivity contribution in [2.75, 3.05) is 0 Å². The number of nitrogens with one attached hydrogen (secondary N) is 1. The summed E-state index contributed by atoms with van der Waals surface area (Å²) in [6.45, 7) is 18.6. The van der Waals surface area contributed by atoms with Gasteiger partial charge in [0.1, 0.15) is 0 Å². The average Bonchev–Trinajstić information content (AvgIpc) is 3.19. The van der Waals surface area contributed by atoms with E-state index < -0.39 is 0 Å². The minimum atomic E-state index is 0.530. The molecular weight excluding hydrogens is 316 g/mol. The van der Waals surface area contributed by atoms with Gasteiger partial charge in [0.25, 0.3) is 0 Å². The summed E-state index contributed by atoms with van der Waals surface area (Å²) < 4.78 is 0. The van der Waals surface area contributed by atoms with E-state index in [1.807, 2.05) is 12.2 Å². The molecule has 2 heteroatoms. The molecule has 0 atom stereocenters. The summed E-state index contributed by atoms with van der Waals surface area (Å²) in [5.41, 5.74) is 10.2. The normalized spacial score (nSPS) is 16.0. The Morgan fingerprint density at radius 1 is 1.15 bits per heavy atom. The molecule has 0 unspecified atom stereocenters. The number of aromatic amines is 1. The topological polar surface area (TPSA) is 28.7 Å². The fourth-order valence-corrected chi connectivity index (χ4v) is 3.58. The number of aryl methyl sites for hydroxylation is 1. The quantitative estimate of drug-likeness (QED) is 0.658. The maximum Gasteiger partial charge on any atom is 0.0927 e. The summed E-state index contributed by atoms with van der Waals surface area (Å²) in [7, 11) is 0. The highest BCUT2D eigenvalue weighted by atomic mass is 15.1. The van der Waals surface area contributed by atoms with E-state index in [9.17, 15) is 0 Å². The van der Waals surface area contributed by atoms with E-state index in [2.05, 4.69) is 81.0 Å². The lowest BCUT2D eigenvalue weighted by molar-refractivity contribution is 0.857. The van der Waals surface area contributed by atoms with Gasteiger partial charge in [-0.15, -0.1) is 0 Å². The molecular formula is C24H26N2. The van der Waals surface area contributed by atoms with E-state index in [0.29, 0.717) is 5.92 Å². The number of nitrogens with zero attached hydrogens (tertiary/aromatic N) is 1. The Balaban J connectivity index is 1.88. The van der Waals surface area contributed by atoms with Crippen molar-refractivity contribution >= 4 is 6.08 Å². The molecule has 132 valence electrons. The average molecular weight is 342 g/mol. The van der Waals surface area contributed by atoms with Crippen LogP contribution in [0.2, 0.25) is 0 Å². The summed E-state index contributed by atoms with van der Waals surface area (Å²) in [4.78, 5) is 0. The van der Waals surface area contributed by atoms with Crippen molar-refractivity contribution in [1.82, 2.24) is 10.2 Å². The minimum Gasteiger partial charge on any atom is -0.278 e. The Morgan fingerprint density at radius 2 is 1.92 bits per heavy atom. The maximum atomic E-state index is 4.49. The Hall–Kier alpha value is -2.87. The maximum absolute atomic E-state index is 4.49. The summed E-state index contributed by atoms with van der Waals surface area (Å²) in [6.07, 6.45) is 6.70. The Kier molecular flexibility index (Phi) is 4.94. The Labute approximate surface area is 156 Å². The molecule has 1 N–H and O–H groups in total. The monoisotopic (exact) mass is 342 g/mol. The van der Waals surface area contributed by atoms with E-state index in [1.165, 1.54) is 22.3 Å². The summed E-state index contributed by atoms with van der Waals surface area (Å²) in [5, 5.41) is 7.63. The molecule has 2 nitrogen and oxygen atoms in total. The van der Waals surface area contributed by atoms with Gasteiger partial charge < -0.3 is 0 Å². The van der Waals surface area contributed by atoms with Gasteiger partial charge in [0.15, 0.2) is 0 Å². The first-order valence-electron chi connectivity index (χ1n) is 8.99. The van der Waals surface area contributed by atoms with Crippen LogP contribution in [-0.2, 0) is 0 Å². The van der Waals surface area contributed by atoms with Crippen LogP contribution in [0.15, 0.2) is 78.4 Å². The van der Waals surface area contributed by atoms with E-state index in [1.54, 1.807) is 0 Å². The van der Waals surface area contributed by atoms with E-state index in [4.69, 9.17) is 0 Å². The van der Waals surface area contributed by atoms with Crippen LogP contribution in [0.4, 0.5) is 0 Å². The zero-order chi connectivity index (χ0) is 18.8. The fourth-order valence-electron chi connectivity index (χ4n) is 3.58. The van der Waals surface area contributed by atoms with Crippen LogP contribution in [0.5, 0.6) is 0 Å². The van der Waals surface area contributed by atoms with Gasteiger partial charge in [0.2, 0.25) is 0 Å². The molecule has 1 aromatic heterocycles. The minimum absolute atomic E-state index is 0.530. The van der Waals surface area contributed by atoms with Gasteiger partial charge in [-0.3, -0.25) is 5.10 Å². The third-order valence-corrected chi connectivity index (χ3v) is 5.01. The van der Waals surface area contributed by atoms with Crippen molar-refractivity contribution in [2.24, 2.45) is 0 Å². The third-order valence-electron chi connectivity index (χ3n) is 5.01. The third kappa shape index (κ3) is 3.28. The van der Waals surface area contributed by atoms with Crippen LogP contribution in [0.25, 0.3) is 17.3 Å². The van der Waals surface area contributed by atoms with Gasteiger partial charge >= 0.3 is 0 Å².